The lowest BCUT2D eigenvalue weighted by atomic mass is 10.0. The number of ether oxygens (including phenoxy) is 2. The fourth-order valence-electron chi connectivity index (χ4n) is 2.02. The van der Waals surface area contributed by atoms with Gasteiger partial charge in [-0.25, -0.2) is 9.97 Å². The molecule has 0 radical (unpaired) electrons. The summed E-state index contributed by atoms with van der Waals surface area (Å²) in [5.41, 5.74) is 1.95. The van der Waals surface area contributed by atoms with Crippen LogP contribution in [-0.4, -0.2) is 37.3 Å². The lowest BCUT2D eigenvalue weighted by Gasteiger charge is -2.19. The number of nitrogens with zero attached hydrogens (tertiary/aromatic N) is 2. The highest BCUT2D eigenvalue weighted by molar-refractivity contribution is 5.39. The fraction of sp³-hybridized carbons (Fsp3) is 0.333. The summed E-state index contributed by atoms with van der Waals surface area (Å²) in [4.78, 5) is 8.26. The van der Waals surface area contributed by atoms with E-state index in [9.17, 15) is 0 Å². The van der Waals surface area contributed by atoms with Crippen LogP contribution in [0.2, 0.25) is 0 Å². The topological polar surface area (TPSA) is 56.3 Å². The van der Waals surface area contributed by atoms with Gasteiger partial charge >= 0.3 is 0 Å². The maximum absolute atomic E-state index is 5.77. The zero-order valence-electron chi connectivity index (χ0n) is 11.7. The van der Waals surface area contributed by atoms with Gasteiger partial charge in [-0.2, -0.15) is 0 Å². The molecule has 5 nitrogen and oxygen atoms in total. The third-order valence-electron chi connectivity index (χ3n) is 2.96. The van der Waals surface area contributed by atoms with Crippen LogP contribution in [0.3, 0.4) is 0 Å². The van der Waals surface area contributed by atoms with Crippen molar-refractivity contribution in [2.24, 2.45) is 0 Å². The van der Waals surface area contributed by atoms with Crippen molar-refractivity contribution >= 4 is 0 Å². The predicted octanol–water partition coefficient (Wildman–Crippen LogP) is 1.81. The molecule has 0 aliphatic carbocycles. The highest BCUT2D eigenvalue weighted by Gasteiger charge is 2.17. The Morgan fingerprint density at radius 3 is 2.75 bits per heavy atom. The lowest BCUT2D eigenvalue weighted by molar-refractivity contribution is 0.145. The zero-order chi connectivity index (χ0) is 14.2. The summed E-state index contributed by atoms with van der Waals surface area (Å²) in [6.07, 6.45) is 3.29. The second-order valence-corrected chi connectivity index (χ2v) is 4.24. The molecule has 0 saturated heterocycles. The van der Waals surface area contributed by atoms with Crippen LogP contribution < -0.4 is 10.1 Å². The van der Waals surface area contributed by atoms with Gasteiger partial charge in [0, 0.05) is 18.9 Å². The molecule has 1 N–H and O–H groups in total. The number of hydrogen-bond acceptors (Lipinski definition) is 5. The van der Waals surface area contributed by atoms with Crippen molar-refractivity contribution in [3.05, 3.63) is 54.1 Å². The summed E-state index contributed by atoms with van der Waals surface area (Å²) < 4.78 is 10.8. The lowest BCUT2D eigenvalue weighted by Crippen LogP contribution is -2.20. The minimum absolute atomic E-state index is 0.0308. The Morgan fingerprint density at radius 2 is 2.05 bits per heavy atom. The van der Waals surface area contributed by atoms with Crippen molar-refractivity contribution in [2.75, 3.05) is 27.4 Å². The van der Waals surface area contributed by atoms with Gasteiger partial charge in [0.05, 0.1) is 18.3 Å². The van der Waals surface area contributed by atoms with E-state index in [0.29, 0.717) is 13.2 Å². The molecule has 5 heteroatoms. The van der Waals surface area contributed by atoms with Crippen molar-refractivity contribution in [3.8, 4) is 5.75 Å². The summed E-state index contributed by atoms with van der Waals surface area (Å²) in [6, 6.07) is 9.80. The van der Waals surface area contributed by atoms with Crippen LogP contribution in [0, 0.1) is 0 Å². The van der Waals surface area contributed by atoms with E-state index in [-0.39, 0.29) is 6.04 Å². The van der Waals surface area contributed by atoms with Gasteiger partial charge in [-0.15, -0.1) is 0 Å². The van der Waals surface area contributed by atoms with Gasteiger partial charge in [-0.05, 0) is 19.2 Å². The van der Waals surface area contributed by atoms with Crippen molar-refractivity contribution < 1.29 is 9.47 Å². The molecule has 0 fully saturated rings. The third-order valence-corrected chi connectivity index (χ3v) is 2.96. The van der Waals surface area contributed by atoms with Crippen LogP contribution in [0.4, 0.5) is 0 Å². The number of rotatable bonds is 7. The van der Waals surface area contributed by atoms with E-state index in [4.69, 9.17) is 9.47 Å². The fourth-order valence-corrected chi connectivity index (χ4v) is 2.02. The highest BCUT2D eigenvalue weighted by Crippen LogP contribution is 2.28. The molecule has 20 heavy (non-hydrogen) atoms. The van der Waals surface area contributed by atoms with Crippen LogP contribution in [-0.2, 0) is 4.74 Å². The molecular formula is C15H19N3O2. The Bertz CT molecular complexity index is 520. The van der Waals surface area contributed by atoms with Crippen LogP contribution in [0.5, 0.6) is 5.75 Å². The Hall–Kier alpha value is -1.98. The zero-order valence-corrected chi connectivity index (χ0v) is 11.7. The molecule has 2 rings (SSSR count). The van der Waals surface area contributed by atoms with Crippen LogP contribution in [0.15, 0.2) is 42.9 Å². The molecule has 1 aromatic heterocycles. The van der Waals surface area contributed by atoms with Crippen LogP contribution >= 0.6 is 0 Å². The van der Waals surface area contributed by atoms with Gasteiger partial charge < -0.3 is 14.8 Å². The molecule has 1 heterocycles. The molecule has 0 aliphatic rings. The van der Waals surface area contributed by atoms with E-state index < -0.39 is 0 Å². The number of para-hydroxylation sites is 1. The average Bonchev–Trinajstić information content (AvgIpc) is 2.51. The van der Waals surface area contributed by atoms with Crippen LogP contribution in [0.25, 0.3) is 0 Å². The smallest absolute Gasteiger partial charge is 0.124 e. The van der Waals surface area contributed by atoms with Gasteiger partial charge in [0.15, 0.2) is 0 Å². The van der Waals surface area contributed by atoms with E-state index in [2.05, 4.69) is 15.3 Å². The molecular weight excluding hydrogens is 254 g/mol. The van der Waals surface area contributed by atoms with Crippen molar-refractivity contribution in [2.45, 2.75) is 6.04 Å². The largest absolute Gasteiger partial charge is 0.491 e. The molecule has 1 unspecified atom stereocenters. The minimum Gasteiger partial charge on any atom is -0.491 e. The highest BCUT2D eigenvalue weighted by atomic mass is 16.5. The average molecular weight is 273 g/mol. The Labute approximate surface area is 119 Å². The van der Waals surface area contributed by atoms with Crippen molar-refractivity contribution in [3.63, 3.8) is 0 Å². The summed E-state index contributed by atoms with van der Waals surface area (Å²) in [5, 5.41) is 3.26. The SMILES string of the molecule is CNC(c1ccncn1)c1ccccc1OCCOC. The summed E-state index contributed by atoms with van der Waals surface area (Å²) in [7, 11) is 3.56. The molecule has 0 saturated carbocycles. The first-order valence-electron chi connectivity index (χ1n) is 6.50. The van der Waals surface area contributed by atoms with Gasteiger partial charge in [-0.1, -0.05) is 18.2 Å². The number of methoxy groups -OCH3 is 1. The number of benzene rings is 1. The Morgan fingerprint density at radius 1 is 1.20 bits per heavy atom. The first-order chi connectivity index (χ1) is 9.86. The minimum atomic E-state index is -0.0308. The summed E-state index contributed by atoms with van der Waals surface area (Å²) in [5.74, 6) is 0.836. The molecule has 106 valence electrons. The standard InChI is InChI=1S/C15H19N3O2/c1-16-15(13-7-8-17-11-18-13)12-5-3-4-6-14(12)20-10-9-19-2/h3-8,11,15-16H,9-10H2,1-2H3. The second kappa shape index (κ2) is 7.57. The Kier molecular flexibility index (Phi) is 5.46. The molecule has 1 aromatic carbocycles. The van der Waals surface area contributed by atoms with Gasteiger partial charge in [0.25, 0.3) is 0 Å². The quantitative estimate of drug-likeness (QED) is 0.780. The number of aromatic nitrogens is 2. The van der Waals surface area contributed by atoms with E-state index in [0.717, 1.165) is 17.0 Å². The van der Waals surface area contributed by atoms with E-state index in [1.54, 1.807) is 19.6 Å². The number of nitrogens with one attached hydrogen (secondary N) is 1. The van der Waals surface area contributed by atoms with E-state index >= 15 is 0 Å². The van der Waals surface area contributed by atoms with Gasteiger partial charge in [-0.3, -0.25) is 0 Å². The molecule has 0 bridgehead atoms. The van der Waals surface area contributed by atoms with Gasteiger partial charge in [0.1, 0.15) is 18.7 Å². The van der Waals surface area contributed by atoms with Gasteiger partial charge in [0.2, 0.25) is 0 Å². The molecule has 2 aromatic rings. The van der Waals surface area contributed by atoms with Crippen molar-refractivity contribution in [1.29, 1.82) is 0 Å². The second-order valence-electron chi connectivity index (χ2n) is 4.24. The van der Waals surface area contributed by atoms with E-state index in [1.807, 2.05) is 37.4 Å². The predicted molar refractivity (Wildman–Crippen MR) is 76.7 cm³/mol. The van der Waals surface area contributed by atoms with Crippen LogP contribution in [0.1, 0.15) is 17.3 Å². The maximum Gasteiger partial charge on any atom is 0.124 e. The molecule has 0 aliphatic heterocycles. The molecule has 0 amide bonds. The monoisotopic (exact) mass is 273 g/mol. The third kappa shape index (κ3) is 3.53. The summed E-state index contributed by atoms with van der Waals surface area (Å²) in [6.45, 7) is 1.08. The van der Waals surface area contributed by atoms with E-state index in [1.165, 1.54) is 0 Å². The molecule has 0 spiro atoms. The maximum atomic E-state index is 5.77. The first-order valence-corrected chi connectivity index (χ1v) is 6.50. The normalized spacial score (nSPS) is 12.1. The first kappa shape index (κ1) is 14.4. The van der Waals surface area contributed by atoms with Crippen molar-refractivity contribution in [1.82, 2.24) is 15.3 Å². The Balaban J connectivity index is 2.25. The number of hydrogen-bond donors (Lipinski definition) is 1. The molecule has 1 atom stereocenters. The summed E-state index contributed by atoms with van der Waals surface area (Å²) >= 11 is 0.